The van der Waals surface area contributed by atoms with Crippen LogP contribution in [-0.2, 0) is 4.43 Å². The van der Waals surface area contributed by atoms with E-state index in [1.54, 1.807) is 0 Å². The molecular weight excluding hydrogens is 309 g/mol. The van der Waals surface area contributed by atoms with Gasteiger partial charge in [-0.3, -0.25) is 4.79 Å². The van der Waals surface area contributed by atoms with Crippen LogP contribution >= 0.6 is 0 Å². The summed E-state index contributed by atoms with van der Waals surface area (Å²) in [6.45, 7) is 12.5. The van der Waals surface area contributed by atoms with Crippen LogP contribution in [0.4, 0.5) is 13.2 Å². The van der Waals surface area contributed by atoms with Crippen molar-refractivity contribution in [3.8, 4) is 0 Å². The molecule has 22 heavy (non-hydrogen) atoms. The first-order valence-corrected chi connectivity index (χ1v) is 10.1. The van der Waals surface area contributed by atoms with E-state index in [1.807, 2.05) is 6.92 Å². The fraction of sp³-hybridized carbons (Fsp3) is 0.562. The van der Waals surface area contributed by atoms with Crippen molar-refractivity contribution in [1.29, 1.82) is 0 Å². The van der Waals surface area contributed by atoms with Crippen LogP contribution in [0.5, 0.6) is 0 Å². The summed E-state index contributed by atoms with van der Waals surface area (Å²) in [5.74, 6) is -1.82. The van der Waals surface area contributed by atoms with E-state index < -0.39 is 20.3 Å². The van der Waals surface area contributed by atoms with Gasteiger partial charge < -0.3 is 4.43 Å². The zero-order chi connectivity index (χ0) is 17.3. The highest BCUT2D eigenvalue weighted by Crippen LogP contribution is 2.39. The monoisotopic (exact) mass is 332 g/mol. The number of carbonyl (C=O) groups is 1. The molecule has 0 aliphatic carbocycles. The second kappa shape index (κ2) is 6.16. The lowest BCUT2D eigenvalue weighted by molar-refractivity contribution is -0.0885. The van der Waals surface area contributed by atoms with Crippen molar-refractivity contribution < 1.29 is 22.4 Å². The van der Waals surface area contributed by atoms with E-state index in [9.17, 15) is 18.0 Å². The van der Waals surface area contributed by atoms with E-state index in [0.29, 0.717) is 0 Å². The zero-order valence-corrected chi connectivity index (χ0v) is 14.8. The Bertz CT molecular complexity index is 528. The third kappa shape index (κ3) is 4.43. The van der Waals surface area contributed by atoms with E-state index in [0.717, 1.165) is 5.56 Å². The first kappa shape index (κ1) is 18.9. The summed E-state index contributed by atoms with van der Waals surface area (Å²) >= 11 is 0. The molecule has 1 aromatic carbocycles. The Morgan fingerprint density at radius 3 is 1.91 bits per heavy atom. The number of carbonyl (C=O) groups excluding carboxylic acids is 1. The average Bonchev–Trinajstić information content (AvgIpc) is 2.35. The standard InChI is InChI=1S/C16H23F3O2Si/c1-11(21-22(5,6)15(2,3)4)12-7-9-13(10-8-12)14(20)16(17,18)19/h7-11H,1-6H3. The number of alkyl halides is 3. The summed E-state index contributed by atoms with van der Waals surface area (Å²) in [4.78, 5) is 11.2. The third-order valence-corrected chi connectivity index (χ3v) is 8.73. The van der Waals surface area contributed by atoms with Crippen LogP contribution in [0, 0.1) is 0 Å². The predicted octanol–water partition coefficient (Wildman–Crippen LogP) is 5.51. The van der Waals surface area contributed by atoms with Gasteiger partial charge in [-0.2, -0.15) is 13.2 Å². The molecule has 0 amide bonds. The minimum Gasteiger partial charge on any atom is -0.410 e. The van der Waals surface area contributed by atoms with Crippen LogP contribution in [0.2, 0.25) is 18.1 Å². The summed E-state index contributed by atoms with van der Waals surface area (Å²) < 4.78 is 43.3. The molecule has 0 radical (unpaired) electrons. The van der Waals surface area contributed by atoms with Gasteiger partial charge in [0, 0.05) is 5.56 Å². The van der Waals surface area contributed by atoms with Gasteiger partial charge in [-0.1, -0.05) is 45.0 Å². The van der Waals surface area contributed by atoms with Crippen LogP contribution in [0.25, 0.3) is 0 Å². The highest BCUT2D eigenvalue weighted by molar-refractivity contribution is 6.74. The highest BCUT2D eigenvalue weighted by atomic mass is 28.4. The van der Waals surface area contributed by atoms with E-state index in [4.69, 9.17) is 4.43 Å². The average molecular weight is 332 g/mol. The fourth-order valence-corrected chi connectivity index (χ4v) is 3.13. The van der Waals surface area contributed by atoms with Gasteiger partial charge in [0.1, 0.15) is 0 Å². The second-order valence-corrected chi connectivity index (χ2v) is 11.7. The van der Waals surface area contributed by atoms with Gasteiger partial charge in [0.2, 0.25) is 0 Å². The van der Waals surface area contributed by atoms with Crippen LogP contribution < -0.4 is 0 Å². The summed E-state index contributed by atoms with van der Waals surface area (Å²) in [5, 5.41) is 0.0491. The molecule has 0 N–H and O–H groups in total. The van der Waals surface area contributed by atoms with Gasteiger partial charge in [-0.15, -0.1) is 0 Å². The quantitative estimate of drug-likeness (QED) is 0.536. The first-order valence-electron chi connectivity index (χ1n) is 7.15. The molecule has 2 nitrogen and oxygen atoms in total. The molecule has 0 bridgehead atoms. The molecule has 0 saturated heterocycles. The van der Waals surface area contributed by atoms with E-state index in [1.165, 1.54) is 24.3 Å². The highest BCUT2D eigenvalue weighted by Gasteiger charge is 2.40. The number of ketones is 1. The molecular formula is C16H23F3O2Si. The first-order chi connectivity index (χ1) is 9.75. The summed E-state index contributed by atoms with van der Waals surface area (Å²) in [6.07, 6.45) is -5.07. The molecule has 0 heterocycles. The molecule has 1 atom stereocenters. The molecule has 1 unspecified atom stereocenters. The number of Topliss-reactive ketones (excluding diaryl/α,β-unsaturated/α-hetero) is 1. The van der Waals surface area contributed by atoms with Gasteiger partial charge >= 0.3 is 6.18 Å². The number of halogens is 3. The molecule has 0 saturated carbocycles. The lowest BCUT2D eigenvalue weighted by Crippen LogP contribution is -2.41. The molecule has 1 aromatic rings. The van der Waals surface area contributed by atoms with Crippen molar-refractivity contribution in [2.24, 2.45) is 0 Å². The van der Waals surface area contributed by atoms with E-state index in [-0.39, 0.29) is 16.7 Å². The number of benzene rings is 1. The fourth-order valence-electron chi connectivity index (χ4n) is 1.76. The van der Waals surface area contributed by atoms with Crippen LogP contribution in [0.15, 0.2) is 24.3 Å². The number of rotatable bonds is 4. The maximum absolute atomic E-state index is 12.4. The number of hydrogen-bond donors (Lipinski definition) is 0. The van der Waals surface area contributed by atoms with Crippen LogP contribution in [0.1, 0.15) is 49.7 Å². The van der Waals surface area contributed by atoms with Crippen LogP contribution in [0.3, 0.4) is 0 Å². The Balaban J connectivity index is 2.90. The second-order valence-electron chi connectivity index (χ2n) is 6.97. The van der Waals surface area contributed by atoms with Crippen molar-refractivity contribution in [3.63, 3.8) is 0 Å². The Labute approximate surface area is 130 Å². The van der Waals surface area contributed by atoms with E-state index >= 15 is 0 Å². The van der Waals surface area contributed by atoms with Gasteiger partial charge in [0.25, 0.3) is 5.78 Å². The maximum atomic E-state index is 12.4. The van der Waals surface area contributed by atoms with Crippen molar-refractivity contribution in [2.45, 2.75) is 58.1 Å². The molecule has 6 heteroatoms. The molecule has 0 spiro atoms. The molecule has 1 rings (SSSR count). The van der Waals surface area contributed by atoms with Gasteiger partial charge in [0.05, 0.1) is 6.10 Å². The predicted molar refractivity (Wildman–Crippen MR) is 83.5 cm³/mol. The van der Waals surface area contributed by atoms with Crippen molar-refractivity contribution in [2.75, 3.05) is 0 Å². The summed E-state index contributed by atoms with van der Waals surface area (Å²) in [7, 11) is -1.96. The summed E-state index contributed by atoms with van der Waals surface area (Å²) in [5.41, 5.74) is 0.416. The third-order valence-electron chi connectivity index (χ3n) is 4.18. The normalized spacial score (nSPS) is 14.8. The molecule has 124 valence electrons. The lowest BCUT2D eigenvalue weighted by atomic mass is 10.1. The molecule has 0 aromatic heterocycles. The SMILES string of the molecule is CC(O[Si](C)(C)C(C)(C)C)c1ccc(C(=O)C(F)(F)F)cc1. The zero-order valence-electron chi connectivity index (χ0n) is 13.8. The Kier molecular flexibility index (Phi) is 5.29. The van der Waals surface area contributed by atoms with E-state index in [2.05, 4.69) is 33.9 Å². The lowest BCUT2D eigenvalue weighted by Gasteiger charge is -2.38. The maximum Gasteiger partial charge on any atom is 0.454 e. The topological polar surface area (TPSA) is 26.3 Å². The Morgan fingerprint density at radius 2 is 1.55 bits per heavy atom. The van der Waals surface area contributed by atoms with Crippen molar-refractivity contribution >= 4 is 14.1 Å². The van der Waals surface area contributed by atoms with Gasteiger partial charge in [-0.25, -0.2) is 0 Å². The number of hydrogen-bond acceptors (Lipinski definition) is 2. The minimum atomic E-state index is -4.84. The minimum absolute atomic E-state index is 0.0491. The Morgan fingerprint density at radius 1 is 1.09 bits per heavy atom. The van der Waals surface area contributed by atoms with Crippen molar-refractivity contribution in [1.82, 2.24) is 0 Å². The molecule has 0 fully saturated rings. The van der Waals surface area contributed by atoms with Gasteiger partial charge in [0.15, 0.2) is 8.32 Å². The largest absolute Gasteiger partial charge is 0.454 e. The van der Waals surface area contributed by atoms with Gasteiger partial charge in [-0.05, 0) is 30.6 Å². The molecule has 0 aliphatic rings. The van der Waals surface area contributed by atoms with Crippen molar-refractivity contribution in [3.05, 3.63) is 35.4 Å². The molecule has 0 aliphatic heterocycles. The van der Waals surface area contributed by atoms with Crippen LogP contribution in [-0.4, -0.2) is 20.3 Å². The smallest absolute Gasteiger partial charge is 0.410 e. The Hall–Kier alpha value is -1.14. The summed E-state index contributed by atoms with van der Waals surface area (Å²) in [6, 6.07) is 5.46.